The summed E-state index contributed by atoms with van der Waals surface area (Å²) in [5, 5.41) is 4.03. The summed E-state index contributed by atoms with van der Waals surface area (Å²) in [7, 11) is 0. The fraction of sp³-hybridized carbons (Fsp3) is 0.455. The largest absolute Gasteiger partial charge is 0.380 e. The minimum Gasteiger partial charge on any atom is -0.380 e. The Balaban J connectivity index is 1.92. The zero-order valence-corrected chi connectivity index (χ0v) is 9.38. The Morgan fingerprint density at radius 2 is 2.13 bits per heavy atom. The Bertz CT molecular complexity index is 337. The second-order valence-electron chi connectivity index (χ2n) is 3.51. The topological polar surface area (TPSA) is 30.5 Å². The van der Waals surface area contributed by atoms with Crippen molar-refractivity contribution in [1.82, 2.24) is 0 Å². The highest BCUT2D eigenvalue weighted by Gasteiger charge is 2.15. The molecule has 82 valence electrons. The molecule has 1 heterocycles. The van der Waals surface area contributed by atoms with Crippen molar-refractivity contribution in [3.8, 4) is 0 Å². The zero-order valence-electron chi connectivity index (χ0n) is 8.63. The molecule has 1 aliphatic rings. The van der Waals surface area contributed by atoms with Crippen LogP contribution < -0.4 is 5.32 Å². The molecule has 0 aliphatic carbocycles. The lowest BCUT2D eigenvalue weighted by atomic mass is 10.2. The number of hydrogen-bond acceptors (Lipinski definition) is 3. The minimum atomic E-state index is -0.125. The highest BCUT2D eigenvalue weighted by Crippen LogP contribution is 2.19. The van der Waals surface area contributed by atoms with Crippen LogP contribution in [-0.2, 0) is 9.47 Å². The van der Waals surface area contributed by atoms with Gasteiger partial charge in [-0.3, -0.25) is 0 Å². The van der Waals surface area contributed by atoms with Crippen molar-refractivity contribution < 1.29 is 9.47 Å². The lowest BCUT2D eigenvalue weighted by Crippen LogP contribution is -2.20. The summed E-state index contributed by atoms with van der Waals surface area (Å²) in [5.74, 6) is 0. The Hall–Kier alpha value is -0.770. The summed E-state index contributed by atoms with van der Waals surface area (Å²) < 4.78 is 10.7. The van der Waals surface area contributed by atoms with Crippen molar-refractivity contribution >= 4 is 17.3 Å². The van der Waals surface area contributed by atoms with Crippen LogP contribution in [-0.4, -0.2) is 26.0 Å². The van der Waals surface area contributed by atoms with E-state index in [0.29, 0.717) is 19.8 Å². The van der Waals surface area contributed by atoms with Gasteiger partial charge in [0.2, 0.25) is 0 Å². The van der Waals surface area contributed by atoms with Crippen molar-refractivity contribution in [2.45, 2.75) is 13.2 Å². The average molecular weight is 228 g/mol. The van der Waals surface area contributed by atoms with E-state index >= 15 is 0 Å². The maximum Gasteiger partial charge on any atom is 0.174 e. The maximum absolute atomic E-state index is 5.87. The van der Waals surface area contributed by atoms with Crippen LogP contribution in [0.3, 0.4) is 0 Å². The molecule has 0 aromatic heterocycles. The van der Waals surface area contributed by atoms with Crippen LogP contribution in [0.2, 0.25) is 5.02 Å². The fourth-order valence-electron chi connectivity index (χ4n) is 1.54. The molecular formula is C11H14ClNO2. The Morgan fingerprint density at radius 3 is 2.80 bits per heavy atom. The van der Waals surface area contributed by atoms with Gasteiger partial charge in [0.1, 0.15) is 0 Å². The number of halogens is 1. The van der Waals surface area contributed by atoms with E-state index in [1.165, 1.54) is 0 Å². The molecule has 0 spiro atoms. The van der Waals surface area contributed by atoms with Crippen LogP contribution in [0.1, 0.15) is 5.56 Å². The third-order valence-corrected chi connectivity index (χ3v) is 2.57. The summed E-state index contributed by atoms with van der Waals surface area (Å²) in [5.41, 5.74) is 2.19. The third kappa shape index (κ3) is 2.84. The molecule has 1 saturated heterocycles. The Morgan fingerprint density at radius 1 is 1.40 bits per heavy atom. The summed E-state index contributed by atoms with van der Waals surface area (Å²) in [6.45, 7) is 4.06. The first-order valence-electron chi connectivity index (χ1n) is 4.99. The SMILES string of the molecule is Cc1cc(Cl)ccc1NCC1OCCO1. The summed E-state index contributed by atoms with van der Waals surface area (Å²) in [6.07, 6.45) is -0.125. The molecule has 1 aromatic rings. The molecule has 0 bridgehead atoms. The molecule has 1 aliphatic heterocycles. The van der Waals surface area contributed by atoms with Gasteiger partial charge in [0, 0.05) is 10.7 Å². The molecule has 2 rings (SSSR count). The molecular weight excluding hydrogens is 214 g/mol. The number of anilines is 1. The first-order valence-corrected chi connectivity index (χ1v) is 5.37. The molecule has 0 saturated carbocycles. The molecule has 3 nitrogen and oxygen atoms in total. The zero-order chi connectivity index (χ0) is 10.7. The molecule has 15 heavy (non-hydrogen) atoms. The Labute approximate surface area is 94.3 Å². The fourth-order valence-corrected chi connectivity index (χ4v) is 1.77. The van der Waals surface area contributed by atoms with Crippen LogP contribution in [0.25, 0.3) is 0 Å². The number of hydrogen-bond donors (Lipinski definition) is 1. The van der Waals surface area contributed by atoms with Crippen LogP contribution in [0.5, 0.6) is 0 Å². The van der Waals surface area contributed by atoms with E-state index < -0.39 is 0 Å². The number of aryl methyl sites for hydroxylation is 1. The number of ether oxygens (including phenoxy) is 2. The molecule has 0 amide bonds. The molecule has 1 N–H and O–H groups in total. The second kappa shape index (κ2) is 4.84. The monoisotopic (exact) mass is 227 g/mol. The Kier molecular flexibility index (Phi) is 3.46. The van der Waals surface area contributed by atoms with Gasteiger partial charge in [0.15, 0.2) is 6.29 Å². The van der Waals surface area contributed by atoms with Crippen molar-refractivity contribution in [3.63, 3.8) is 0 Å². The first kappa shape index (κ1) is 10.7. The van der Waals surface area contributed by atoms with E-state index in [9.17, 15) is 0 Å². The molecule has 4 heteroatoms. The van der Waals surface area contributed by atoms with Crippen LogP contribution >= 0.6 is 11.6 Å². The lowest BCUT2D eigenvalue weighted by molar-refractivity contribution is -0.0299. The smallest absolute Gasteiger partial charge is 0.174 e. The molecule has 0 unspecified atom stereocenters. The van der Waals surface area contributed by atoms with Gasteiger partial charge in [-0.15, -0.1) is 0 Å². The normalized spacial score (nSPS) is 16.9. The van der Waals surface area contributed by atoms with Gasteiger partial charge in [-0.1, -0.05) is 11.6 Å². The van der Waals surface area contributed by atoms with E-state index in [0.717, 1.165) is 16.3 Å². The van der Waals surface area contributed by atoms with Gasteiger partial charge in [-0.2, -0.15) is 0 Å². The summed E-state index contributed by atoms with van der Waals surface area (Å²) >= 11 is 5.87. The number of benzene rings is 1. The van der Waals surface area contributed by atoms with E-state index in [1.54, 1.807) is 0 Å². The van der Waals surface area contributed by atoms with Crippen molar-refractivity contribution in [2.24, 2.45) is 0 Å². The van der Waals surface area contributed by atoms with E-state index in [4.69, 9.17) is 21.1 Å². The second-order valence-corrected chi connectivity index (χ2v) is 3.95. The lowest BCUT2D eigenvalue weighted by Gasteiger charge is -2.13. The predicted molar refractivity (Wildman–Crippen MR) is 60.4 cm³/mol. The van der Waals surface area contributed by atoms with E-state index in [1.807, 2.05) is 25.1 Å². The summed E-state index contributed by atoms with van der Waals surface area (Å²) in [6, 6.07) is 5.76. The van der Waals surface area contributed by atoms with Gasteiger partial charge < -0.3 is 14.8 Å². The molecule has 1 aromatic carbocycles. The van der Waals surface area contributed by atoms with Crippen molar-refractivity contribution in [3.05, 3.63) is 28.8 Å². The van der Waals surface area contributed by atoms with Crippen LogP contribution in [0, 0.1) is 6.92 Å². The van der Waals surface area contributed by atoms with Gasteiger partial charge in [0.25, 0.3) is 0 Å². The van der Waals surface area contributed by atoms with Crippen LogP contribution in [0.4, 0.5) is 5.69 Å². The van der Waals surface area contributed by atoms with Crippen LogP contribution in [0.15, 0.2) is 18.2 Å². The maximum atomic E-state index is 5.87. The average Bonchev–Trinajstić information content (AvgIpc) is 2.69. The van der Waals surface area contributed by atoms with Gasteiger partial charge in [-0.25, -0.2) is 0 Å². The third-order valence-electron chi connectivity index (χ3n) is 2.34. The quantitative estimate of drug-likeness (QED) is 0.861. The molecule has 1 fully saturated rings. The van der Waals surface area contributed by atoms with Crippen molar-refractivity contribution in [1.29, 1.82) is 0 Å². The first-order chi connectivity index (χ1) is 7.25. The van der Waals surface area contributed by atoms with Gasteiger partial charge in [-0.05, 0) is 30.7 Å². The standard InChI is InChI=1S/C11H14ClNO2/c1-8-6-9(12)2-3-10(8)13-7-11-14-4-5-15-11/h2-3,6,11,13H,4-5,7H2,1H3. The number of nitrogens with one attached hydrogen (secondary N) is 1. The summed E-state index contributed by atoms with van der Waals surface area (Å²) in [4.78, 5) is 0. The van der Waals surface area contributed by atoms with Gasteiger partial charge >= 0.3 is 0 Å². The molecule has 0 atom stereocenters. The van der Waals surface area contributed by atoms with Crippen molar-refractivity contribution in [2.75, 3.05) is 25.1 Å². The van der Waals surface area contributed by atoms with E-state index in [-0.39, 0.29) is 6.29 Å². The predicted octanol–water partition coefficient (Wildman–Crippen LogP) is 2.43. The highest BCUT2D eigenvalue weighted by atomic mass is 35.5. The van der Waals surface area contributed by atoms with E-state index in [2.05, 4.69) is 5.32 Å². The minimum absolute atomic E-state index is 0.125. The molecule has 0 radical (unpaired) electrons. The number of rotatable bonds is 3. The van der Waals surface area contributed by atoms with Gasteiger partial charge in [0.05, 0.1) is 19.8 Å². The highest BCUT2D eigenvalue weighted by molar-refractivity contribution is 6.30.